The molecule has 0 aromatic heterocycles. The average Bonchev–Trinajstić information content (AvgIpc) is 2.71. The van der Waals surface area contributed by atoms with Gasteiger partial charge in [-0.3, -0.25) is 0 Å². The first kappa shape index (κ1) is 24.7. The highest BCUT2D eigenvalue weighted by Gasteiger charge is 2.26. The number of benzene rings is 1. The molecular formula is C23H38N2O2S. The Morgan fingerprint density at radius 2 is 1.25 bits per heavy atom. The van der Waals surface area contributed by atoms with Crippen LogP contribution in [0.1, 0.15) is 96.5 Å². The van der Waals surface area contributed by atoms with Gasteiger partial charge in [0.2, 0.25) is 10.0 Å². The molecule has 0 N–H and O–H groups in total. The number of unbranched alkanes of at least 4 members (excludes halogenated alkanes) is 10. The van der Waals surface area contributed by atoms with E-state index in [0.717, 1.165) is 38.5 Å². The van der Waals surface area contributed by atoms with Crippen LogP contribution in [-0.4, -0.2) is 25.8 Å². The molecule has 1 aromatic carbocycles. The zero-order valence-electron chi connectivity index (χ0n) is 17.8. The zero-order chi connectivity index (χ0) is 20.7. The minimum absolute atomic E-state index is 0.148. The molecule has 0 atom stereocenters. The molecule has 0 unspecified atom stereocenters. The molecule has 0 aliphatic heterocycles. The number of sulfonamides is 1. The lowest BCUT2D eigenvalue weighted by atomic mass is 10.1. The van der Waals surface area contributed by atoms with Crippen LogP contribution < -0.4 is 0 Å². The summed E-state index contributed by atoms with van der Waals surface area (Å²) in [6.45, 7) is 5.48. The van der Waals surface area contributed by atoms with Crippen LogP contribution in [0.3, 0.4) is 0 Å². The van der Waals surface area contributed by atoms with Gasteiger partial charge in [-0.25, -0.2) is 8.42 Å². The molecule has 0 saturated heterocycles. The Bertz CT molecular complexity index is 664. The Kier molecular flexibility index (Phi) is 12.9. The molecule has 28 heavy (non-hydrogen) atoms. The summed E-state index contributed by atoms with van der Waals surface area (Å²) in [5, 5.41) is 9.32. The number of nitriles is 1. The predicted molar refractivity (Wildman–Crippen MR) is 117 cm³/mol. The van der Waals surface area contributed by atoms with Gasteiger partial charge in [-0.05, 0) is 25.0 Å². The van der Waals surface area contributed by atoms with E-state index < -0.39 is 10.0 Å². The Balaban J connectivity index is 2.73. The Morgan fingerprint density at radius 1 is 0.786 bits per heavy atom. The summed E-state index contributed by atoms with van der Waals surface area (Å²) in [6, 6.07) is 8.58. The fourth-order valence-electron chi connectivity index (χ4n) is 3.41. The SMILES string of the molecule is CCCCCCCCN(CCCCCCCC)S(=O)(=O)c1ccccc1C#N. The van der Waals surface area contributed by atoms with Crippen LogP contribution >= 0.6 is 0 Å². The first-order chi connectivity index (χ1) is 13.6. The van der Waals surface area contributed by atoms with Gasteiger partial charge in [0.25, 0.3) is 0 Å². The van der Waals surface area contributed by atoms with Crippen LogP contribution in [0.4, 0.5) is 0 Å². The third-order valence-corrected chi connectivity index (χ3v) is 7.10. The first-order valence-electron chi connectivity index (χ1n) is 11.1. The van der Waals surface area contributed by atoms with Gasteiger partial charge in [-0.2, -0.15) is 9.57 Å². The maximum atomic E-state index is 13.2. The Hall–Kier alpha value is -1.38. The van der Waals surface area contributed by atoms with Crippen LogP contribution in [0.25, 0.3) is 0 Å². The van der Waals surface area contributed by atoms with E-state index in [0.29, 0.717) is 13.1 Å². The second-order valence-corrected chi connectivity index (χ2v) is 9.45. The van der Waals surface area contributed by atoms with Crippen molar-refractivity contribution in [1.29, 1.82) is 5.26 Å². The molecule has 0 heterocycles. The second kappa shape index (κ2) is 14.6. The maximum Gasteiger partial charge on any atom is 0.244 e. The number of rotatable bonds is 16. The van der Waals surface area contributed by atoms with Crippen molar-refractivity contribution < 1.29 is 8.42 Å². The molecule has 5 heteroatoms. The highest BCUT2D eigenvalue weighted by molar-refractivity contribution is 7.89. The molecular weight excluding hydrogens is 368 g/mol. The quantitative estimate of drug-likeness (QED) is 0.304. The zero-order valence-corrected chi connectivity index (χ0v) is 18.6. The number of nitrogens with zero attached hydrogens (tertiary/aromatic N) is 2. The second-order valence-electron chi connectivity index (χ2n) is 7.55. The molecule has 0 bridgehead atoms. The van der Waals surface area contributed by atoms with E-state index in [4.69, 9.17) is 0 Å². The van der Waals surface area contributed by atoms with Crippen molar-refractivity contribution in [2.75, 3.05) is 13.1 Å². The van der Waals surface area contributed by atoms with Crippen LogP contribution in [0.15, 0.2) is 29.2 Å². The van der Waals surface area contributed by atoms with E-state index in [1.165, 1.54) is 38.5 Å². The van der Waals surface area contributed by atoms with Crippen LogP contribution in [0.2, 0.25) is 0 Å². The summed E-state index contributed by atoms with van der Waals surface area (Å²) < 4.78 is 28.1. The minimum Gasteiger partial charge on any atom is -0.207 e. The molecule has 1 rings (SSSR count). The molecule has 158 valence electrons. The summed E-state index contributed by atoms with van der Waals surface area (Å²) in [7, 11) is -3.63. The van der Waals surface area contributed by atoms with E-state index in [9.17, 15) is 13.7 Å². The summed E-state index contributed by atoms with van der Waals surface area (Å²) in [6.07, 6.45) is 13.6. The van der Waals surface area contributed by atoms with Gasteiger partial charge in [0.05, 0.1) is 10.5 Å². The lowest BCUT2D eigenvalue weighted by molar-refractivity contribution is 0.383. The van der Waals surface area contributed by atoms with Crippen molar-refractivity contribution in [3.05, 3.63) is 29.8 Å². The lowest BCUT2D eigenvalue weighted by Crippen LogP contribution is -2.33. The normalized spacial score (nSPS) is 11.6. The van der Waals surface area contributed by atoms with E-state index in [1.54, 1.807) is 28.6 Å². The van der Waals surface area contributed by atoms with Crippen LogP contribution in [-0.2, 0) is 10.0 Å². The van der Waals surface area contributed by atoms with Crippen LogP contribution in [0, 0.1) is 11.3 Å². The van der Waals surface area contributed by atoms with Gasteiger partial charge in [0.1, 0.15) is 6.07 Å². The number of hydrogen-bond donors (Lipinski definition) is 0. The molecule has 0 spiro atoms. The van der Waals surface area contributed by atoms with Crippen molar-refractivity contribution >= 4 is 10.0 Å². The molecule has 0 saturated carbocycles. The standard InChI is InChI=1S/C23H38N2O2S/c1-3-5-7-9-11-15-19-25(20-16-12-10-8-6-4-2)28(26,27)23-18-14-13-17-22(23)21-24/h13-14,17-18H,3-12,15-16,19-20H2,1-2H3. The van der Waals surface area contributed by atoms with Gasteiger partial charge in [-0.15, -0.1) is 0 Å². The fraction of sp³-hybridized carbons (Fsp3) is 0.696. The summed E-state index contributed by atoms with van der Waals surface area (Å²) in [5.74, 6) is 0. The molecule has 4 nitrogen and oxygen atoms in total. The fourth-order valence-corrected chi connectivity index (χ4v) is 5.07. The van der Waals surface area contributed by atoms with E-state index in [-0.39, 0.29) is 10.5 Å². The molecule has 1 aromatic rings. The Morgan fingerprint density at radius 3 is 1.75 bits per heavy atom. The summed E-state index contributed by atoms with van der Waals surface area (Å²) in [4.78, 5) is 0.148. The Labute approximate surface area is 173 Å². The highest BCUT2D eigenvalue weighted by Crippen LogP contribution is 2.21. The van der Waals surface area contributed by atoms with Crippen molar-refractivity contribution in [2.24, 2.45) is 0 Å². The van der Waals surface area contributed by atoms with E-state index >= 15 is 0 Å². The maximum absolute atomic E-state index is 13.2. The van der Waals surface area contributed by atoms with Gasteiger partial charge in [0, 0.05) is 13.1 Å². The van der Waals surface area contributed by atoms with Crippen molar-refractivity contribution in [1.82, 2.24) is 4.31 Å². The molecule has 0 radical (unpaired) electrons. The van der Waals surface area contributed by atoms with Crippen molar-refractivity contribution in [2.45, 2.75) is 95.8 Å². The molecule has 0 fully saturated rings. The third-order valence-electron chi connectivity index (χ3n) is 5.15. The molecule has 0 amide bonds. The molecule has 0 aliphatic rings. The third kappa shape index (κ3) is 8.75. The highest BCUT2D eigenvalue weighted by atomic mass is 32.2. The predicted octanol–water partition coefficient (Wildman–Crippen LogP) is 6.27. The van der Waals surface area contributed by atoms with E-state index in [1.807, 2.05) is 6.07 Å². The smallest absolute Gasteiger partial charge is 0.207 e. The van der Waals surface area contributed by atoms with Crippen molar-refractivity contribution in [3.8, 4) is 6.07 Å². The van der Waals surface area contributed by atoms with Gasteiger partial charge in [-0.1, -0.05) is 90.2 Å². The lowest BCUT2D eigenvalue weighted by Gasteiger charge is -2.23. The topological polar surface area (TPSA) is 61.2 Å². The first-order valence-corrected chi connectivity index (χ1v) is 12.5. The minimum atomic E-state index is -3.63. The van der Waals surface area contributed by atoms with E-state index in [2.05, 4.69) is 13.8 Å². The van der Waals surface area contributed by atoms with Gasteiger partial charge < -0.3 is 0 Å². The van der Waals surface area contributed by atoms with Crippen LogP contribution in [0.5, 0.6) is 0 Å². The molecule has 0 aliphatic carbocycles. The van der Waals surface area contributed by atoms with Gasteiger partial charge >= 0.3 is 0 Å². The summed E-state index contributed by atoms with van der Waals surface area (Å²) in [5.41, 5.74) is 0.235. The summed E-state index contributed by atoms with van der Waals surface area (Å²) >= 11 is 0. The monoisotopic (exact) mass is 406 g/mol. The largest absolute Gasteiger partial charge is 0.244 e. The van der Waals surface area contributed by atoms with Crippen molar-refractivity contribution in [3.63, 3.8) is 0 Å². The van der Waals surface area contributed by atoms with Gasteiger partial charge in [0.15, 0.2) is 0 Å². The average molecular weight is 407 g/mol. The number of hydrogen-bond acceptors (Lipinski definition) is 3.